The topological polar surface area (TPSA) is 125 Å². The van der Waals surface area contributed by atoms with E-state index in [0.717, 1.165) is 5.56 Å². The van der Waals surface area contributed by atoms with Crippen LogP contribution in [0.1, 0.15) is 63.7 Å². The molecule has 0 saturated carbocycles. The molecule has 51 heavy (non-hydrogen) atoms. The van der Waals surface area contributed by atoms with Crippen LogP contribution in [0.25, 0.3) is 0 Å². The van der Waals surface area contributed by atoms with Crippen LogP contribution in [-0.4, -0.2) is 86.4 Å². The SMILES string of the molecule is C=CCCC(=O)N[C@@H](C)[C@H](OC(=O)[C@H]1[C@@H]2O[C@@]3(CC2Br)[C@@H]1C(=O)N([C@@H](CO)[C@@H](C)CC)[C@@H]3C(=O)N(CC=C)Cc1ccccc1)c1ccccc1. The van der Waals surface area contributed by atoms with E-state index in [1.165, 1.54) is 4.90 Å². The Morgan fingerprint density at radius 1 is 1.12 bits per heavy atom. The van der Waals surface area contributed by atoms with Gasteiger partial charge in [0.15, 0.2) is 0 Å². The molecule has 3 fully saturated rings. The Hall–Kier alpha value is -3.80. The summed E-state index contributed by atoms with van der Waals surface area (Å²) in [7, 11) is 0. The molecule has 5 rings (SSSR count). The van der Waals surface area contributed by atoms with E-state index in [0.29, 0.717) is 24.8 Å². The van der Waals surface area contributed by atoms with Crippen LogP contribution in [-0.2, 0) is 35.2 Å². The number of aliphatic hydroxyl groups excluding tert-OH is 1. The van der Waals surface area contributed by atoms with Gasteiger partial charge in [0.05, 0.1) is 36.6 Å². The van der Waals surface area contributed by atoms with Gasteiger partial charge in [0.25, 0.3) is 0 Å². The fourth-order valence-corrected chi connectivity index (χ4v) is 9.04. The third-order valence-corrected chi connectivity index (χ3v) is 11.6. The van der Waals surface area contributed by atoms with Crippen LogP contribution in [0, 0.1) is 17.8 Å². The van der Waals surface area contributed by atoms with Crippen molar-refractivity contribution >= 4 is 39.6 Å². The maximum atomic E-state index is 14.9. The second-order valence-electron chi connectivity index (χ2n) is 14.0. The number of amides is 3. The molecule has 11 heteroatoms. The number of likely N-dealkylation sites (tertiary alicyclic amines) is 1. The van der Waals surface area contributed by atoms with E-state index in [1.54, 1.807) is 24.0 Å². The molecule has 274 valence electrons. The Bertz CT molecular complexity index is 1570. The van der Waals surface area contributed by atoms with Gasteiger partial charge < -0.3 is 29.7 Å². The lowest BCUT2D eigenvalue weighted by Crippen LogP contribution is -2.59. The molecule has 1 unspecified atom stereocenters. The predicted molar refractivity (Wildman–Crippen MR) is 197 cm³/mol. The highest BCUT2D eigenvalue weighted by Gasteiger charge is 2.77. The van der Waals surface area contributed by atoms with Gasteiger partial charge in [-0.05, 0) is 36.8 Å². The van der Waals surface area contributed by atoms with Crippen molar-refractivity contribution in [3.8, 4) is 0 Å². The summed E-state index contributed by atoms with van der Waals surface area (Å²) in [5.41, 5.74) is 0.245. The number of benzene rings is 2. The first-order chi connectivity index (χ1) is 24.5. The van der Waals surface area contributed by atoms with E-state index in [4.69, 9.17) is 9.47 Å². The van der Waals surface area contributed by atoms with Crippen LogP contribution >= 0.6 is 15.9 Å². The van der Waals surface area contributed by atoms with E-state index in [1.807, 2.05) is 74.5 Å². The third kappa shape index (κ3) is 7.57. The van der Waals surface area contributed by atoms with Crippen LogP contribution in [0.5, 0.6) is 0 Å². The van der Waals surface area contributed by atoms with E-state index >= 15 is 0 Å². The number of fused-ring (bicyclic) bond motifs is 1. The minimum Gasteiger partial charge on any atom is -0.455 e. The highest BCUT2D eigenvalue weighted by Crippen LogP contribution is 2.61. The molecular weight excluding hydrogens is 714 g/mol. The molecule has 2 bridgehead atoms. The Labute approximate surface area is 309 Å². The number of carbonyl (C=O) groups excluding carboxylic acids is 4. The number of alkyl halides is 1. The van der Waals surface area contributed by atoms with E-state index < -0.39 is 59.6 Å². The zero-order valence-corrected chi connectivity index (χ0v) is 31.2. The fraction of sp³-hybridized carbons (Fsp3) is 0.500. The number of nitrogens with one attached hydrogen (secondary N) is 1. The molecule has 0 aromatic heterocycles. The summed E-state index contributed by atoms with van der Waals surface area (Å²) in [4.78, 5) is 59.8. The zero-order chi connectivity index (χ0) is 36.9. The van der Waals surface area contributed by atoms with Crippen molar-refractivity contribution in [3.05, 3.63) is 97.1 Å². The molecule has 3 saturated heterocycles. The lowest BCUT2D eigenvalue weighted by atomic mass is 9.70. The average Bonchev–Trinajstić information content (AvgIpc) is 3.73. The Balaban J connectivity index is 1.53. The van der Waals surface area contributed by atoms with Gasteiger partial charge >= 0.3 is 5.97 Å². The Kier molecular flexibility index (Phi) is 12.6. The minimum absolute atomic E-state index is 0.151. The van der Waals surface area contributed by atoms with Crippen molar-refractivity contribution in [3.63, 3.8) is 0 Å². The highest BCUT2D eigenvalue weighted by molar-refractivity contribution is 9.09. The quantitative estimate of drug-likeness (QED) is 0.130. The second kappa shape index (κ2) is 16.7. The normalized spacial score (nSPS) is 27.2. The summed E-state index contributed by atoms with van der Waals surface area (Å²) in [6.07, 6.45) is 3.43. The van der Waals surface area contributed by atoms with Crippen LogP contribution in [0.4, 0.5) is 0 Å². The van der Waals surface area contributed by atoms with E-state index in [2.05, 4.69) is 34.4 Å². The number of nitrogens with zero attached hydrogens (tertiary/aromatic N) is 2. The van der Waals surface area contributed by atoms with Gasteiger partial charge in [-0.3, -0.25) is 19.2 Å². The molecule has 2 N–H and O–H groups in total. The van der Waals surface area contributed by atoms with E-state index in [-0.39, 0.29) is 48.7 Å². The van der Waals surface area contributed by atoms with Crippen LogP contribution in [0.15, 0.2) is 86.0 Å². The molecule has 10 atom stereocenters. The van der Waals surface area contributed by atoms with Gasteiger partial charge in [0, 0.05) is 24.3 Å². The zero-order valence-electron chi connectivity index (χ0n) is 29.7. The van der Waals surface area contributed by atoms with Crippen molar-refractivity contribution in [1.82, 2.24) is 15.1 Å². The number of hydrogen-bond acceptors (Lipinski definition) is 7. The molecule has 2 aromatic carbocycles. The minimum atomic E-state index is -1.35. The maximum Gasteiger partial charge on any atom is 0.313 e. The third-order valence-electron chi connectivity index (χ3n) is 10.7. The summed E-state index contributed by atoms with van der Waals surface area (Å²) < 4.78 is 13.1. The number of esters is 1. The van der Waals surface area contributed by atoms with Gasteiger partial charge in [-0.15, -0.1) is 13.2 Å². The van der Waals surface area contributed by atoms with Gasteiger partial charge in [0.2, 0.25) is 17.7 Å². The van der Waals surface area contributed by atoms with Gasteiger partial charge in [-0.1, -0.05) is 109 Å². The number of allylic oxidation sites excluding steroid dienone is 1. The lowest BCUT2D eigenvalue weighted by molar-refractivity contribution is -0.163. The molecule has 0 radical (unpaired) electrons. The summed E-state index contributed by atoms with van der Waals surface area (Å²) in [5.74, 6) is -3.79. The van der Waals surface area contributed by atoms with Crippen molar-refractivity contribution in [1.29, 1.82) is 0 Å². The molecule has 3 amide bonds. The molecule has 1 spiro atoms. The Morgan fingerprint density at radius 3 is 2.39 bits per heavy atom. The summed E-state index contributed by atoms with van der Waals surface area (Å²) in [6, 6.07) is 16.4. The largest absolute Gasteiger partial charge is 0.455 e. The molecule has 2 aromatic rings. The van der Waals surface area contributed by atoms with Crippen molar-refractivity contribution in [2.75, 3.05) is 13.2 Å². The van der Waals surface area contributed by atoms with Crippen LogP contribution < -0.4 is 5.32 Å². The molecule has 0 aliphatic carbocycles. The summed E-state index contributed by atoms with van der Waals surface area (Å²) >= 11 is 3.75. The van der Waals surface area contributed by atoms with Gasteiger partial charge in [0.1, 0.15) is 17.7 Å². The number of ether oxygens (including phenoxy) is 2. The average molecular weight is 765 g/mol. The first-order valence-corrected chi connectivity index (χ1v) is 18.8. The van der Waals surface area contributed by atoms with Crippen molar-refractivity contribution < 1.29 is 33.8 Å². The molecular formula is C40H50BrN3O7. The van der Waals surface area contributed by atoms with Crippen LogP contribution in [0.3, 0.4) is 0 Å². The monoisotopic (exact) mass is 763 g/mol. The number of halogens is 1. The lowest BCUT2D eigenvalue weighted by Gasteiger charge is -2.41. The highest BCUT2D eigenvalue weighted by atomic mass is 79.9. The first kappa shape index (κ1) is 38.4. The smallest absolute Gasteiger partial charge is 0.313 e. The second-order valence-corrected chi connectivity index (χ2v) is 15.2. The summed E-state index contributed by atoms with van der Waals surface area (Å²) in [5, 5.41) is 13.7. The number of rotatable bonds is 17. The summed E-state index contributed by atoms with van der Waals surface area (Å²) in [6.45, 7) is 13.4. The molecule has 3 heterocycles. The molecule has 10 nitrogen and oxygen atoms in total. The Morgan fingerprint density at radius 2 is 1.78 bits per heavy atom. The molecule has 3 aliphatic heterocycles. The fourth-order valence-electron chi connectivity index (χ4n) is 8.09. The van der Waals surface area contributed by atoms with Gasteiger partial charge in [-0.25, -0.2) is 0 Å². The molecule has 3 aliphatic rings. The van der Waals surface area contributed by atoms with Gasteiger partial charge in [-0.2, -0.15) is 0 Å². The number of carbonyl (C=O) groups is 4. The maximum absolute atomic E-state index is 14.9. The number of hydrogen-bond donors (Lipinski definition) is 2. The van der Waals surface area contributed by atoms with Crippen LogP contribution in [0.2, 0.25) is 0 Å². The predicted octanol–water partition coefficient (Wildman–Crippen LogP) is 5.11. The van der Waals surface area contributed by atoms with Crippen molar-refractivity contribution in [2.24, 2.45) is 17.8 Å². The van der Waals surface area contributed by atoms with E-state index in [9.17, 15) is 24.3 Å². The number of aliphatic hydroxyl groups is 1. The standard InChI is InChI=1S/C40H50BrN3O7/c1-6-9-20-31(46)42-26(5)34(28-18-14-11-15-19-28)50-39(49)32-33-37(47)44(30(24-45)25(4)8-3)36(40(33)22-29(41)35(32)51-40)38(48)43(21-7-2)23-27-16-12-10-13-17-27/h6-7,10-19,25-26,29-30,32-36,45H,1-2,8-9,20-24H2,3-5H3,(H,42,46)/t25-,26-,29?,30-,32+,33-,34-,35+,36+,40-/m0/s1. The first-order valence-electron chi connectivity index (χ1n) is 17.9. The van der Waals surface area contributed by atoms with Crippen molar-refractivity contribution in [2.45, 2.75) is 93.8 Å².